The lowest BCUT2D eigenvalue weighted by Gasteiger charge is -1.86. The Morgan fingerprint density at radius 1 is 1.67 bits per heavy atom. The number of carbonyl (C=O) groups is 1. The number of nitrogen functional groups attached to an aromatic ring is 1. The first-order valence-corrected chi connectivity index (χ1v) is 2.38. The number of hydrogen-bond acceptors (Lipinski definition) is 3. The lowest BCUT2D eigenvalue weighted by atomic mass is 10.6. The van der Waals surface area contributed by atoms with Crippen LogP contribution in [0.4, 0.5) is 11.8 Å². The van der Waals surface area contributed by atoms with Crippen LogP contribution in [0.2, 0.25) is 0 Å². The minimum atomic E-state index is 0.291. The van der Waals surface area contributed by atoms with Gasteiger partial charge in [-0.25, -0.2) is 0 Å². The van der Waals surface area contributed by atoms with E-state index in [9.17, 15) is 4.79 Å². The highest BCUT2D eigenvalue weighted by atomic mass is 16.4. The number of nitrogens with two attached hydrogens (primary N) is 1. The van der Waals surface area contributed by atoms with Gasteiger partial charge in [-0.1, -0.05) is 0 Å². The fourth-order valence-electron chi connectivity index (χ4n) is 0.488. The highest BCUT2D eigenvalue weighted by Gasteiger charge is 1.93. The maximum absolute atomic E-state index is 9.77. The number of carbonyl (C=O) groups excluding carboxylic acids is 1. The minimum Gasteiger partial charge on any atom is -0.425 e. The van der Waals surface area contributed by atoms with Gasteiger partial charge in [0.05, 0.1) is 0 Å². The van der Waals surface area contributed by atoms with Crippen LogP contribution in [-0.2, 0) is 4.79 Å². The summed E-state index contributed by atoms with van der Waals surface area (Å²) in [6, 6.07) is 3.13. The summed E-state index contributed by atoms with van der Waals surface area (Å²) < 4.78 is 4.76. The second-order valence-corrected chi connectivity index (χ2v) is 1.46. The van der Waals surface area contributed by atoms with Crippen molar-refractivity contribution in [3.8, 4) is 0 Å². The van der Waals surface area contributed by atoms with Crippen molar-refractivity contribution in [2.75, 3.05) is 11.1 Å². The molecule has 1 heterocycles. The molecule has 3 N–H and O–H groups in total. The SMILES string of the molecule is Nc1ccc(NC=O)o1. The standard InChI is InChI=1S/C5H6N2O2/c6-4-1-2-5(9-4)7-3-8/h1-3H,6H2,(H,7,8). The topological polar surface area (TPSA) is 68.3 Å². The minimum absolute atomic E-state index is 0.291. The van der Waals surface area contributed by atoms with Crippen molar-refractivity contribution < 1.29 is 9.21 Å². The molecule has 0 saturated carbocycles. The van der Waals surface area contributed by atoms with E-state index in [1.807, 2.05) is 0 Å². The maximum atomic E-state index is 9.77. The van der Waals surface area contributed by atoms with Crippen LogP contribution in [0.25, 0.3) is 0 Å². The number of furan rings is 1. The fraction of sp³-hybridized carbons (Fsp3) is 0. The Hall–Kier alpha value is -1.45. The molecule has 4 nitrogen and oxygen atoms in total. The molecule has 0 radical (unpaired) electrons. The van der Waals surface area contributed by atoms with E-state index in [0.29, 0.717) is 18.2 Å². The van der Waals surface area contributed by atoms with Gasteiger partial charge in [0.2, 0.25) is 12.3 Å². The van der Waals surface area contributed by atoms with Crippen molar-refractivity contribution in [2.45, 2.75) is 0 Å². The zero-order chi connectivity index (χ0) is 6.69. The third-order valence-electron chi connectivity index (χ3n) is 0.828. The third kappa shape index (κ3) is 1.22. The summed E-state index contributed by atoms with van der Waals surface area (Å²) >= 11 is 0. The van der Waals surface area contributed by atoms with Gasteiger partial charge in [-0.15, -0.1) is 0 Å². The first kappa shape index (κ1) is 5.68. The Morgan fingerprint density at radius 2 is 2.44 bits per heavy atom. The van der Waals surface area contributed by atoms with Gasteiger partial charge >= 0.3 is 0 Å². The van der Waals surface area contributed by atoms with Crippen LogP contribution in [0.5, 0.6) is 0 Å². The van der Waals surface area contributed by atoms with E-state index in [2.05, 4.69) is 5.32 Å². The number of rotatable bonds is 2. The monoisotopic (exact) mass is 126 g/mol. The molecule has 1 aromatic heterocycles. The van der Waals surface area contributed by atoms with Gasteiger partial charge < -0.3 is 10.2 Å². The number of anilines is 2. The molecule has 0 aliphatic carbocycles. The Morgan fingerprint density at radius 3 is 2.89 bits per heavy atom. The summed E-state index contributed by atoms with van der Waals surface area (Å²) in [7, 11) is 0. The second-order valence-electron chi connectivity index (χ2n) is 1.46. The lowest BCUT2D eigenvalue weighted by molar-refractivity contribution is -0.105. The molecule has 0 aromatic carbocycles. The van der Waals surface area contributed by atoms with Gasteiger partial charge in [0.15, 0.2) is 5.88 Å². The predicted molar refractivity (Wildman–Crippen MR) is 32.8 cm³/mol. The van der Waals surface area contributed by atoms with Crippen LogP contribution in [0, 0.1) is 0 Å². The van der Waals surface area contributed by atoms with Crippen LogP contribution in [0.15, 0.2) is 16.5 Å². The zero-order valence-electron chi connectivity index (χ0n) is 4.63. The van der Waals surface area contributed by atoms with Crippen molar-refractivity contribution in [1.82, 2.24) is 0 Å². The van der Waals surface area contributed by atoms with Gasteiger partial charge in [0.1, 0.15) is 0 Å². The molecular weight excluding hydrogens is 120 g/mol. The smallest absolute Gasteiger partial charge is 0.213 e. The summed E-state index contributed by atoms with van der Waals surface area (Å²) in [5.41, 5.74) is 5.19. The van der Waals surface area contributed by atoms with Gasteiger partial charge in [0, 0.05) is 12.1 Å². The largest absolute Gasteiger partial charge is 0.425 e. The molecule has 9 heavy (non-hydrogen) atoms. The van der Waals surface area contributed by atoms with Crippen molar-refractivity contribution >= 4 is 18.2 Å². The summed E-state index contributed by atoms with van der Waals surface area (Å²) in [6.45, 7) is 0. The molecule has 4 heteroatoms. The molecule has 48 valence electrons. The average molecular weight is 126 g/mol. The molecule has 0 atom stereocenters. The van der Waals surface area contributed by atoms with E-state index < -0.39 is 0 Å². The first-order chi connectivity index (χ1) is 4.33. The van der Waals surface area contributed by atoms with E-state index in [1.54, 1.807) is 12.1 Å². The molecule has 1 amide bonds. The lowest BCUT2D eigenvalue weighted by Crippen LogP contribution is -1.90. The fourth-order valence-corrected chi connectivity index (χ4v) is 0.488. The van der Waals surface area contributed by atoms with E-state index in [0.717, 1.165) is 0 Å². The van der Waals surface area contributed by atoms with E-state index in [-0.39, 0.29) is 0 Å². The molecule has 0 unspecified atom stereocenters. The predicted octanol–water partition coefficient (Wildman–Crippen LogP) is 0.430. The van der Waals surface area contributed by atoms with Crippen molar-refractivity contribution in [2.24, 2.45) is 0 Å². The van der Waals surface area contributed by atoms with Gasteiger partial charge in [-0.2, -0.15) is 0 Å². The zero-order valence-corrected chi connectivity index (χ0v) is 4.63. The Kier molecular flexibility index (Phi) is 1.40. The number of nitrogens with one attached hydrogen (secondary N) is 1. The van der Waals surface area contributed by atoms with Crippen LogP contribution in [0.3, 0.4) is 0 Å². The molecular formula is C5H6N2O2. The number of amides is 1. The summed E-state index contributed by atoms with van der Waals surface area (Å²) in [5.74, 6) is 0.654. The van der Waals surface area contributed by atoms with Crippen LogP contribution in [-0.4, -0.2) is 6.41 Å². The Bertz CT molecular complexity index is 206. The van der Waals surface area contributed by atoms with Crippen LogP contribution >= 0.6 is 0 Å². The van der Waals surface area contributed by atoms with Crippen LogP contribution in [0.1, 0.15) is 0 Å². The first-order valence-electron chi connectivity index (χ1n) is 2.38. The van der Waals surface area contributed by atoms with Crippen molar-refractivity contribution in [1.29, 1.82) is 0 Å². The van der Waals surface area contributed by atoms with Crippen molar-refractivity contribution in [3.05, 3.63) is 12.1 Å². The number of hydrogen-bond donors (Lipinski definition) is 2. The Balaban J connectivity index is 2.72. The molecule has 0 bridgehead atoms. The molecule has 0 fully saturated rings. The van der Waals surface area contributed by atoms with Crippen LogP contribution < -0.4 is 11.1 Å². The third-order valence-corrected chi connectivity index (χ3v) is 0.828. The van der Waals surface area contributed by atoms with Crippen molar-refractivity contribution in [3.63, 3.8) is 0 Å². The average Bonchev–Trinajstić information content (AvgIpc) is 2.17. The van der Waals surface area contributed by atoms with Gasteiger partial charge in [-0.05, 0) is 0 Å². The van der Waals surface area contributed by atoms with Gasteiger partial charge in [-0.3, -0.25) is 10.1 Å². The van der Waals surface area contributed by atoms with E-state index in [1.165, 1.54) is 0 Å². The highest BCUT2D eigenvalue weighted by Crippen LogP contribution is 2.12. The molecule has 1 rings (SSSR count). The summed E-state index contributed by atoms with van der Waals surface area (Å²) in [4.78, 5) is 9.77. The maximum Gasteiger partial charge on any atom is 0.213 e. The molecule has 0 saturated heterocycles. The quantitative estimate of drug-likeness (QED) is 0.564. The van der Waals surface area contributed by atoms with Gasteiger partial charge in [0.25, 0.3) is 0 Å². The normalized spacial score (nSPS) is 8.89. The summed E-state index contributed by atoms with van der Waals surface area (Å²) in [5, 5.41) is 2.30. The van der Waals surface area contributed by atoms with E-state index in [4.69, 9.17) is 10.2 Å². The molecule has 0 aliphatic rings. The molecule has 1 aromatic rings. The molecule has 0 aliphatic heterocycles. The second kappa shape index (κ2) is 2.21. The molecule has 0 spiro atoms. The highest BCUT2D eigenvalue weighted by molar-refractivity contribution is 5.68. The Labute approximate surface area is 51.6 Å². The summed E-state index contributed by atoms with van der Waals surface area (Å²) in [6.07, 6.45) is 0.526. The van der Waals surface area contributed by atoms with E-state index >= 15 is 0 Å².